The first kappa shape index (κ1) is 16.7. The van der Waals surface area contributed by atoms with Gasteiger partial charge >= 0.3 is 0 Å². The lowest BCUT2D eigenvalue weighted by molar-refractivity contribution is 0.824. The number of nitrogens with one attached hydrogen (secondary N) is 2. The van der Waals surface area contributed by atoms with E-state index in [0.29, 0.717) is 0 Å². The number of rotatable bonds is 2. The molecule has 0 bridgehead atoms. The van der Waals surface area contributed by atoms with Crippen LogP contribution in [0.3, 0.4) is 0 Å². The van der Waals surface area contributed by atoms with Gasteiger partial charge in [-0.15, -0.1) is 0 Å². The van der Waals surface area contributed by atoms with Gasteiger partial charge < -0.3 is 15.4 Å². The maximum absolute atomic E-state index is 4.38. The fourth-order valence-corrected chi connectivity index (χ4v) is 2.35. The number of hydrogen-bond donors (Lipinski definition) is 2. The van der Waals surface area contributed by atoms with Crippen molar-refractivity contribution in [1.29, 1.82) is 0 Å². The Morgan fingerprint density at radius 1 is 0.696 bits per heavy atom. The smallest absolute Gasteiger partial charge is 0.106 e. The van der Waals surface area contributed by atoms with Crippen molar-refractivity contribution in [1.82, 2.24) is 19.9 Å². The lowest BCUT2D eigenvalue weighted by Crippen LogP contribution is -1.79. The Labute approximate surface area is 135 Å². The molecule has 0 unspecified atom stereocenters. The fraction of sp³-hybridized carbons (Fsp3) is 0.222. The molecular formula is C18H22N4O. The first-order chi connectivity index (χ1) is 10.8. The minimum Gasteiger partial charge on any atom is -0.412 e. The summed E-state index contributed by atoms with van der Waals surface area (Å²) in [5, 5.41) is 0. The minimum atomic E-state index is 0. The summed E-state index contributed by atoms with van der Waals surface area (Å²) in [6.45, 7) is 4.19. The zero-order valence-electron chi connectivity index (χ0n) is 13.4. The highest BCUT2D eigenvalue weighted by Crippen LogP contribution is 2.10. The molecule has 0 aliphatic carbocycles. The summed E-state index contributed by atoms with van der Waals surface area (Å²) in [6.07, 6.45) is 1.93. The monoisotopic (exact) mass is 310 g/mol. The molecule has 0 spiro atoms. The van der Waals surface area contributed by atoms with Crippen LogP contribution in [0.25, 0.3) is 22.1 Å². The molecule has 5 heteroatoms. The van der Waals surface area contributed by atoms with E-state index in [4.69, 9.17) is 0 Å². The first-order valence-corrected chi connectivity index (χ1v) is 7.67. The van der Waals surface area contributed by atoms with Crippen molar-refractivity contribution in [2.75, 3.05) is 0 Å². The van der Waals surface area contributed by atoms with E-state index in [-0.39, 0.29) is 5.48 Å². The van der Waals surface area contributed by atoms with Gasteiger partial charge in [-0.05, 0) is 24.3 Å². The second-order valence-corrected chi connectivity index (χ2v) is 5.11. The summed E-state index contributed by atoms with van der Waals surface area (Å²) in [6, 6.07) is 16.2. The molecule has 0 aliphatic heterocycles. The highest BCUT2D eigenvalue weighted by atomic mass is 16.0. The van der Waals surface area contributed by atoms with Gasteiger partial charge in [0.05, 0.1) is 22.1 Å². The molecule has 2 aromatic heterocycles. The Morgan fingerprint density at radius 3 is 1.43 bits per heavy atom. The van der Waals surface area contributed by atoms with Crippen LogP contribution in [0.4, 0.5) is 0 Å². The summed E-state index contributed by atoms with van der Waals surface area (Å²) in [5.41, 5.74) is 4.38. The molecule has 120 valence electrons. The molecule has 0 radical (unpaired) electrons. The number of aryl methyl sites for hydroxylation is 2. The zero-order valence-corrected chi connectivity index (χ0v) is 13.4. The topological polar surface area (TPSA) is 88.9 Å². The summed E-state index contributed by atoms with van der Waals surface area (Å²) in [7, 11) is 0. The van der Waals surface area contributed by atoms with Gasteiger partial charge in [0.1, 0.15) is 11.6 Å². The molecule has 0 aliphatic rings. The molecule has 4 rings (SSSR count). The van der Waals surface area contributed by atoms with Gasteiger partial charge in [0.25, 0.3) is 0 Å². The van der Waals surface area contributed by atoms with Gasteiger partial charge in [0.15, 0.2) is 0 Å². The lowest BCUT2D eigenvalue weighted by Gasteiger charge is -1.82. The van der Waals surface area contributed by atoms with Crippen LogP contribution in [0.5, 0.6) is 0 Å². The van der Waals surface area contributed by atoms with Crippen molar-refractivity contribution < 1.29 is 5.48 Å². The summed E-state index contributed by atoms with van der Waals surface area (Å²) >= 11 is 0. The molecule has 2 heterocycles. The van der Waals surface area contributed by atoms with E-state index in [0.717, 1.165) is 46.6 Å². The van der Waals surface area contributed by atoms with Crippen LogP contribution in [0.1, 0.15) is 25.5 Å². The van der Waals surface area contributed by atoms with E-state index < -0.39 is 0 Å². The summed E-state index contributed by atoms with van der Waals surface area (Å²) in [4.78, 5) is 15.2. The third-order valence-corrected chi connectivity index (χ3v) is 3.55. The Morgan fingerprint density at radius 2 is 1.09 bits per heavy atom. The first-order valence-electron chi connectivity index (χ1n) is 7.67. The van der Waals surface area contributed by atoms with Crippen LogP contribution in [-0.4, -0.2) is 25.4 Å². The molecule has 0 atom stereocenters. The number of aromatic amines is 2. The molecular weight excluding hydrogens is 288 g/mol. The van der Waals surface area contributed by atoms with Crippen molar-refractivity contribution >= 4 is 22.1 Å². The number of benzene rings is 2. The van der Waals surface area contributed by atoms with Gasteiger partial charge in [-0.3, -0.25) is 0 Å². The molecule has 0 saturated heterocycles. The summed E-state index contributed by atoms with van der Waals surface area (Å²) < 4.78 is 0. The highest BCUT2D eigenvalue weighted by Gasteiger charge is 1.98. The van der Waals surface area contributed by atoms with Gasteiger partial charge in [-0.2, -0.15) is 0 Å². The van der Waals surface area contributed by atoms with Crippen LogP contribution in [-0.2, 0) is 12.8 Å². The third kappa shape index (κ3) is 3.76. The Kier molecular flexibility index (Phi) is 5.49. The number of imidazole rings is 2. The van der Waals surface area contributed by atoms with Crippen molar-refractivity contribution in [3.63, 3.8) is 0 Å². The Balaban J connectivity index is 0.000000160. The second kappa shape index (κ2) is 7.56. The number of fused-ring (bicyclic) bond motifs is 2. The molecule has 0 fully saturated rings. The van der Waals surface area contributed by atoms with Gasteiger partial charge in [0, 0.05) is 12.8 Å². The third-order valence-electron chi connectivity index (χ3n) is 3.55. The molecule has 5 nitrogen and oxygen atoms in total. The number of aromatic nitrogens is 4. The van der Waals surface area contributed by atoms with Crippen LogP contribution < -0.4 is 0 Å². The van der Waals surface area contributed by atoms with E-state index in [9.17, 15) is 0 Å². The lowest BCUT2D eigenvalue weighted by atomic mass is 10.3. The van der Waals surface area contributed by atoms with Gasteiger partial charge in [-0.25, -0.2) is 9.97 Å². The molecule has 0 amide bonds. The van der Waals surface area contributed by atoms with E-state index in [2.05, 4.69) is 33.8 Å². The molecule has 0 saturated carbocycles. The number of hydrogen-bond acceptors (Lipinski definition) is 2. The van der Waals surface area contributed by atoms with Crippen LogP contribution in [0, 0.1) is 0 Å². The Hall–Kier alpha value is -2.66. The van der Waals surface area contributed by atoms with Crippen molar-refractivity contribution in [2.24, 2.45) is 0 Å². The van der Waals surface area contributed by atoms with E-state index in [1.165, 1.54) is 0 Å². The number of nitrogens with zero attached hydrogens (tertiary/aromatic N) is 2. The zero-order chi connectivity index (χ0) is 15.4. The van der Waals surface area contributed by atoms with E-state index >= 15 is 0 Å². The highest BCUT2D eigenvalue weighted by molar-refractivity contribution is 5.75. The van der Waals surface area contributed by atoms with Crippen molar-refractivity contribution in [3.05, 3.63) is 60.2 Å². The molecule has 4 N–H and O–H groups in total. The largest absolute Gasteiger partial charge is 0.412 e. The Bertz CT molecular complexity index is 739. The average Bonchev–Trinajstić information content (AvgIpc) is 3.18. The maximum atomic E-state index is 4.38. The molecule has 23 heavy (non-hydrogen) atoms. The van der Waals surface area contributed by atoms with Crippen LogP contribution in [0.15, 0.2) is 48.5 Å². The fourth-order valence-electron chi connectivity index (χ4n) is 2.35. The average molecular weight is 310 g/mol. The van der Waals surface area contributed by atoms with Crippen molar-refractivity contribution in [3.8, 4) is 0 Å². The summed E-state index contributed by atoms with van der Waals surface area (Å²) in [5.74, 6) is 2.12. The second-order valence-electron chi connectivity index (χ2n) is 5.11. The quantitative estimate of drug-likeness (QED) is 0.594. The van der Waals surface area contributed by atoms with Crippen LogP contribution >= 0.6 is 0 Å². The van der Waals surface area contributed by atoms with E-state index in [1.807, 2.05) is 48.5 Å². The van der Waals surface area contributed by atoms with Crippen molar-refractivity contribution in [2.45, 2.75) is 26.7 Å². The normalized spacial score (nSPS) is 10.2. The standard InChI is InChI=1S/2C9H10N2.H2O/c2*1-2-9-10-7-5-3-4-6-8(7)11-9;/h2*3-6H,2H2,1H3,(H,10,11);1H2. The van der Waals surface area contributed by atoms with E-state index in [1.54, 1.807) is 0 Å². The number of para-hydroxylation sites is 4. The maximum Gasteiger partial charge on any atom is 0.106 e. The minimum absolute atomic E-state index is 0. The van der Waals surface area contributed by atoms with Gasteiger partial charge in [0.2, 0.25) is 0 Å². The predicted octanol–water partition coefficient (Wildman–Crippen LogP) is 3.43. The van der Waals surface area contributed by atoms with Crippen LogP contribution in [0.2, 0.25) is 0 Å². The van der Waals surface area contributed by atoms with Gasteiger partial charge in [-0.1, -0.05) is 38.1 Å². The number of H-pyrrole nitrogens is 2. The SMILES string of the molecule is CCc1nc2ccccc2[nH]1.CCc1nc2ccccc2[nH]1.O. The molecule has 2 aromatic carbocycles. The molecule has 4 aromatic rings. The predicted molar refractivity (Wildman–Crippen MR) is 94.6 cm³/mol.